The van der Waals surface area contributed by atoms with Crippen LogP contribution >= 0.6 is 0 Å². The van der Waals surface area contributed by atoms with Gasteiger partial charge in [-0.05, 0) is 30.9 Å². The van der Waals surface area contributed by atoms with Gasteiger partial charge in [0.15, 0.2) is 0 Å². The number of methoxy groups -OCH3 is 1. The van der Waals surface area contributed by atoms with Crippen molar-refractivity contribution in [3.05, 3.63) is 34.4 Å². The Hall–Kier alpha value is -3.10. The number of nitrogen functional groups attached to an aromatic ring is 1. The Kier molecular flexibility index (Phi) is 5.06. The van der Waals surface area contributed by atoms with E-state index in [2.05, 4.69) is 22.2 Å². The highest BCUT2D eigenvalue weighted by Crippen LogP contribution is 2.35. The standard InChI is InChI=1S/C17H22N6O3/c1-11-6-8-22(9-7-11)16-14(23(24)25)15(18)20-17(21-16)19-12-4-3-5-13(10-12)26-2/h3-5,10-11H,6-9H2,1-2H3,(H3,18,19,20,21). The van der Waals surface area contributed by atoms with Gasteiger partial charge >= 0.3 is 5.69 Å². The first-order chi connectivity index (χ1) is 12.5. The third-order valence-corrected chi connectivity index (χ3v) is 4.48. The molecule has 0 aliphatic carbocycles. The predicted octanol–water partition coefficient (Wildman–Crippen LogP) is 2.96. The van der Waals surface area contributed by atoms with Crippen LogP contribution in [-0.4, -0.2) is 35.1 Å². The van der Waals surface area contributed by atoms with Crippen molar-refractivity contribution in [1.82, 2.24) is 9.97 Å². The number of nitro groups is 1. The van der Waals surface area contributed by atoms with Crippen molar-refractivity contribution in [2.24, 2.45) is 5.92 Å². The first-order valence-corrected chi connectivity index (χ1v) is 8.46. The smallest absolute Gasteiger partial charge is 0.353 e. The van der Waals surface area contributed by atoms with E-state index in [1.54, 1.807) is 13.2 Å². The fourth-order valence-corrected chi connectivity index (χ4v) is 2.96. The van der Waals surface area contributed by atoms with Crippen molar-refractivity contribution in [3.63, 3.8) is 0 Å². The Morgan fingerprint density at radius 2 is 2.08 bits per heavy atom. The van der Waals surface area contributed by atoms with Gasteiger partial charge in [0.05, 0.1) is 12.0 Å². The average molecular weight is 358 g/mol. The summed E-state index contributed by atoms with van der Waals surface area (Å²) in [5.74, 6) is 1.60. The summed E-state index contributed by atoms with van der Waals surface area (Å²) in [6.45, 7) is 3.59. The van der Waals surface area contributed by atoms with E-state index in [0.29, 0.717) is 30.4 Å². The fraction of sp³-hybridized carbons (Fsp3) is 0.412. The molecule has 1 aromatic carbocycles. The van der Waals surface area contributed by atoms with Gasteiger partial charge in [-0.3, -0.25) is 10.1 Å². The van der Waals surface area contributed by atoms with Crippen LogP contribution in [0.4, 0.5) is 29.0 Å². The molecule has 1 fully saturated rings. The van der Waals surface area contributed by atoms with E-state index in [1.165, 1.54) is 0 Å². The topological polar surface area (TPSA) is 119 Å². The Morgan fingerprint density at radius 1 is 1.35 bits per heavy atom. The van der Waals surface area contributed by atoms with Crippen LogP contribution in [0.5, 0.6) is 5.75 Å². The quantitative estimate of drug-likeness (QED) is 0.618. The van der Waals surface area contributed by atoms with Crippen LogP contribution in [0.1, 0.15) is 19.8 Å². The van der Waals surface area contributed by atoms with Gasteiger partial charge in [0, 0.05) is 24.8 Å². The molecule has 0 saturated carbocycles. The van der Waals surface area contributed by atoms with Crippen molar-refractivity contribution in [2.45, 2.75) is 19.8 Å². The minimum Gasteiger partial charge on any atom is -0.497 e. The second-order valence-corrected chi connectivity index (χ2v) is 6.39. The minimum absolute atomic E-state index is 0.149. The van der Waals surface area contributed by atoms with E-state index in [0.717, 1.165) is 12.8 Å². The lowest BCUT2D eigenvalue weighted by Crippen LogP contribution is -2.34. The van der Waals surface area contributed by atoms with Gasteiger partial charge in [0.2, 0.25) is 17.6 Å². The number of nitrogens with two attached hydrogens (primary N) is 1. The summed E-state index contributed by atoms with van der Waals surface area (Å²) in [6.07, 6.45) is 1.92. The van der Waals surface area contributed by atoms with E-state index < -0.39 is 4.92 Å². The van der Waals surface area contributed by atoms with Crippen LogP contribution in [0.3, 0.4) is 0 Å². The number of hydrogen-bond donors (Lipinski definition) is 2. The molecule has 9 heteroatoms. The average Bonchev–Trinajstić information content (AvgIpc) is 2.61. The Morgan fingerprint density at radius 3 is 2.73 bits per heavy atom. The number of piperidine rings is 1. The molecule has 0 bridgehead atoms. The predicted molar refractivity (Wildman–Crippen MR) is 100.0 cm³/mol. The molecule has 0 atom stereocenters. The Labute approximate surface area is 151 Å². The Bertz CT molecular complexity index is 805. The molecule has 2 heterocycles. The lowest BCUT2D eigenvalue weighted by Gasteiger charge is -2.31. The highest BCUT2D eigenvalue weighted by molar-refractivity contribution is 5.72. The Balaban J connectivity index is 1.95. The molecule has 0 radical (unpaired) electrons. The fourth-order valence-electron chi connectivity index (χ4n) is 2.96. The molecule has 3 N–H and O–H groups in total. The molecular weight excluding hydrogens is 336 g/mol. The summed E-state index contributed by atoms with van der Waals surface area (Å²) >= 11 is 0. The van der Waals surface area contributed by atoms with Gasteiger partial charge in [-0.2, -0.15) is 9.97 Å². The maximum Gasteiger partial charge on any atom is 0.353 e. The van der Waals surface area contributed by atoms with Crippen molar-refractivity contribution in [2.75, 3.05) is 36.1 Å². The minimum atomic E-state index is -0.516. The molecule has 1 aliphatic heterocycles. The van der Waals surface area contributed by atoms with Crippen LogP contribution in [0, 0.1) is 16.0 Å². The normalized spacial score (nSPS) is 14.9. The maximum absolute atomic E-state index is 11.5. The van der Waals surface area contributed by atoms with Crippen molar-refractivity contribution in [3.8, 4) is 5.75 Å². The van der Waals surface area contributed by atoms with Crippen LogP contribution in [0.2, 0.25) is 0 Å². The number of anilines is 4. The number of benzene rings is 1. The summed E-state index contributed by atoms with van der Waals surface area (Å²) in [5, 5.41) is 14.5. The third kappa shape index (κ3) is 3.76. The van der Waals surface area contributed by atoms with E-state index in [9.17, 15) is 10.1 Å². The van der Waals surface area contributed by atoms with Gasteiger partial charge in [-0.25, -0.2) is 0 Å². The number of ether oxygens (including phenoxy) is 1. The number of rotatable bonds is 5. The lowest BCUT2D eigenvalue weighted by atomic mass is 9.99. The zero-order valence-corrected chi connectivity index (χ0v) is 14.8. The summed E-state index contributed by atoms with van der Waals surface area (Å²) in [7, 11) is 1.58. The second kappa shape index (κ2) is 7.42. The SMILES string of the molecule is COc1cccc(Nc2nc(N)c([N+](=O)[O-])c(N3CCC(C)CC3)n2)c1. The van der Waals surface area contributed by atoms with Crippen molar-refractivity contribution in [1.29, 1.82) is 0 Å². The summed E-state index contributed by atoms with van der Waals surface area (Å²) in [4.78, 5) is 21.3. The highest BCUT2D eigenvalue weighted by Gasteiger charge is 2.29. The number of hydrogen-bond acceptors (Lipinski definition) is 8. The molecule has 138 valence electrons. The molecule has 1 aromatic heterocycles. The van der Waals surface area contributed by atoms with E-state index in [1.807, 2.05) is 23.1 Å². The van der Waals surface area contributed by atoms with E-state index in [4.69, 9.17) is 10.5 Å². The molecule has 0 unspecified atom stereocenters. The summed E-state index contributed by atoms with van der Waals surface area (Å²) < 4.78 is 5.19. The van der Waals surface area contributed by atoms with E-state index in [-0.39, 0.29) is 23.3 Å². The summed E-state index contributed by atoms with van der Waals surface area (Å²) in [6, 6.07) is 7.24. The molecule has 26 heavy (non-hydrogen) atoms. The zero-order valence-electron chi connectivity index (χ0n) is 14.8. The largest absolute Gasteiger partial charge is 0.497 e. The van der Waals surface area contributed by atoms with Crippen molar-refractivity contribution >= 4 is 29.0 Å². The van der Waals surface area contributed by atoms with Crippen LogP contribution < -0.4 is 20.7 Å². The summed E-state index contributed by atoms with van der Waals surface area (Å²) in [5.41, 5.74) is 6.35. The van der Waals surface area contributed by atoms with Gasteiger partial charge in [-0.15, -0.1) is 0 Å². The number of nitrogens with zero attached hydrogens (tertiary/aromatic N) is 4. The molecule has 2 aromatic rings. The monoisotopic (exact) mass is 358 g/mol. The molecule has 3 rings (SSSR count). The van der Waals surface area contributed by atoms with Crippen LogP contribution in [-0.2, 0) is 0 Å². The molecule has 9 nitrogen and oxygen atoms in total. The first-order valence-electron chi connectivity index (χ1n) is 8.46. The van der Waals surface area contributed by atoms with Crippen molar-refractivity contribution < 1.29 is 9.66 Å². The van der Waals surface area contributed by atoms with Gasteiger partial charge < -0.3 is 20.7 Å². The maximum atomic E-state index is 11.5. The zero-order chi connectivity index (χ0) is 18.7. The van der Waals surface area contributed by atoms with Crippen LogP contribution in [0.25, 0.3) is 0 Å². The van der Waals surface area contributed by atoms with Crippen LogP contribution in [0.15, 0.2) is 24.3 Å². The highest BCUT2D eigenvalue weighted by atomic mass is 16.6. The molecule has 0 amide bonds. The van der Waals surface area contributed by atoms with Gasteiger partial charge in [-0.1, -0.05) is 13.0 Å². The lowest BCUT2D eigenvalue weighted by molar-refractivity contribution is -0.383. The van der Waals surface area contributed by atoms with Gasteiger partial charge in [0.1, 0.15) is 5.75 Å². The molecule has 0 spiro atoms. The molecule has 1 aliphatic rings. The van der Waals surface area contributed by atoms with Gasteiger partial charge in [0.25, 0.3) is 0 Å². The number of aromatic nitrogens is 2. The molecule has 1 saturated heterocycles. The third-order valence-electron chi connectivity index (χ3n) is 4.48. The van der Waals surface area contributed by atoms with E-state index >= 15 is 0 Å². The first kappa shape index (κ1) is 17.7. The second-order valence-electron chi connectivity index (χ2n) is 6.39. The molecular formula is C17H22N6O3. The number of nitrogens with one attached hydrogen (secondary N) is 1.